The molecule has 1 aliphatic carbocycles. The molecule has 0 spiro atoms. The molecule has 25 heavy (non-hydrogen) atoms. The van der Waals surface area contributed by atoms with E-state index < -0.39 is 20.5 Å². The van der Waals surface area contributed by atoms with Gasteiger partial charge in [-0.15, -0.1) is 0 Å². The standard InChI is InChI=1S/C17H19ClN2O4S/c1-16(2,3)13-10-14(20-24-13)19-15(21)17(8-9-17)25(22,23)12-6-4-11(18)5-7-12/h4-7,10H,8-9H2,1-3H3,(H,19,20,21). The van der Waals surface area contributed by atoms with Gasteiger partial charge in [-0.2, -0.15) is 0 Å². The fourth-order valence-corrected chi connectivity index (χ4v) is 4.49. The third-order valence-corrected chi connectivity index (χ3v) is 7.01. The van der Waals surface area contributed by atoms with E-state index in [1.807, 2.05) is 20.8 Å². The first kappa shape index (κ1) is 17.9. The first-order chi connectivity index (χ1) is 11.6. The topological polar surface area (TPSA) is 89.3 Å². The predicted molar refractivity (Wildman–Crippen MR) is 94.4 cm³/mol. The summed E-state index contributed by atoms with van der Waals surface area (Å²) in [7, 11) is -3.81. The molecule has 1 fully saturated rings. The van der Waals surface area contributed by atoms with Crippen LogP contribution in [-0.2, 0) is 20.0 Å². The van der Waals surface area contributed by atoms with Crippen LogP contribution in [0.4, 0.5) is 5.82 Å². The van der Waals surface area contributed by atoms with E-state index >= 15 is 0 Å². The van der Waals surface area contributed by atoms with Gasteiger partial charge in [0.1, 0.15) is 5.76 Å². The highest BCUT2D eigenvalue weighted by atomic mass is 35.5. The number of nitrogens with zero attached hydrogens (tertiary/aromatic N) is 1. The van der Waals surface area contributed by atoms with Gasteiger partial charge in [0.15, 0.2) is 20.4 Å². The van der Waals surface area contributed by atoms with Crippen molar-refractivity contribution in [3.63, 3.8) is 0 Å². The molecule has 1 aliphatic rings. The fraction of sp³-hybridized carbons (Fsp3) is 0.412. The molecule has 1 heterocycles. The molecule has 8 heteroatoms. The normalized spacial score (nSPS) is 16.5. The van der Waals surface area contributed by atoms with Crippen molar-refractivity contribution in [1.29, 1.82) is 0 Å². The number of halogens is 1. The molecule has 134 valence electrons. The monoisotopic (exact) mass is 382 g/mol. The van der Waals surface area contributed by atoms with Gasteiger partial charge in [-0.3, -0.25) is 4.79 Å². The van der Waals surface area contributed by atoms with Gasteiger partial charge in [0.2, 0.25) is 5.91 Å². The zero-order chi connectivity index (χ0) is 18.5. The molecule has 1 N–H and O–H groups in total. The second-order valence-electron chi connectivity index (χ2n) is 7.23. The van der Waals surface area contributed by atoms with Gasteiger partial charge >= 0.3 is 0 Å². The Morgan fingerprint density at radius 2 is 1.84 bits per heavy atom. The highest BCUT2D eigenvalue weighted by Crippen LogP contribution is 2.47. The maximum absolute atomic E-state index is 12.9. The number of anilines is 1. The highest BCUT2D eigenvalue weighted by Gasteiger charge is 2.61. The van der Waals surface area contributed by atoms with Crippen LogP contribution in [-0.4, -0.2) is 24.2 Å². The molecule has 0 atom stereocenters. The largest absolute Gasteiger partial charge is 0.359 e. The van der Waals surface area contributed by atoms with E-state index in [-0.39, 0.29) is 29.0 Å². The van der Waals surface area contributed by atoms with E-state index in [0.717, 1.165) is 0 Å². The average Bonchev–Trinajstić information content (AvgIpc) is 3.21. The maximum atomic E-state index is 12.9. The third-order valence-electron chi connectivity index (χ3n) is 4.25. The number of hydrogen-bond donors (Lipinski definition) is 1. The van der Waals surface area contributed by atoms with Crippen LogP contribution in [0.25, 0.3) is 0 Å². The number of aromatic nitrogens is 1. The second-order valence-corrected chi connectivity index (χ2v) is 9.93. The number of rotatable bonds is 4. The Bertz CT molecular complexity index is 907. The van der Waals surface area contributed by atoms with Gasteiger partial charge in [0, 0.05) is 16.5 Å². The number of nitrogens with one attached hydrogen (secondary N) is 1. The molecule has 2 aromatic rings. The smallest absolute Gasteiger partial charge is 0.247 e. The summed E-state index contributed by atoms with van der Waals surface area (Å²) in [4.78, 5) is 12.7. The average molecular weight is 383 g/mol. The molecule has 0 bridgehead atoms. The van der Waals surface area contributed by atoms with E-state index in [1.54, 1.807) is 6.07 Å². The van der Waals surface area contributed by atoms with Gasteiger partial charge in [0.25, 0.3) is 0 Å². The summed E-state index contributed by atoms with van der Waals surface area (Å²) in [6.45, 7) is 5.85. The van der Waals surface area contributed by atoms with Gasteiger partial charge in [-0.25, -0.2) is 8.42 Å². The lowest BCUT2D eigenvalue weighted by Gasteiger charge is -2.15. The van der Waals surface area contributed by atoms with Crippen LogP contribution in [0.3, 0.4) is 0 Å². The van der Waals surface area contributed by atoms with Crippen LogP contribution < -0.4 is 5.32 Å². The van der Waals surface area contributed by atoms with Crippen molar-refractivity contribution in [2.45, 2.75) is 48.7 Å². The molecule has 1 aromatic heterocycles. The summed E-state index contributed by atoms with van der Waals surface area (Å²) < 4.78 is 29.5. The number of benzene rings is 1. The summed E-state index contributed by atoms with van der Waals surface area (Å²) >= 11 is 5.81. The molecule has 0 saturated heterocycles. The van der Waals surface area contributed by atoms with Crippen molar-refractivity contribution in [2.24, 2.45) is 0 Å². The lowest BCUT2D eigenvalue weighted by Crippen LogP contribution is -2.37. The molecule has 0 aliphatic heterocycles. The molecule has 6 nitrogen and oxygen atoms in total. The minimum Gasteiger partial charge on any atom is -0.359 e. The van der Waals surface area contributed by atoms with Crippen LogP contribution in [0.2, 0.25) is 5.02 Å². The number of amides is 1. The minimum atomic E-state index is -3.81. The quantitative estimate of drug-likeness (QED) is 0.873. The van der Waals surface area contributed by atoms with Gasteiger partial charge < -0.3 is 9.84 Å². The Kier molecular flexibility index (Phi) is 4.20. The maximum Gasteiger partial charge on any atom is 0.247 e. The van der Waals surface area contributed by atoms with Crippen LogP contribution in [0.5, 0.6) is 0 Å². The minimum absolute atomic E-state index is 0.0834. The Hall–Kier alpha value is -1.86. The van der Waals surface area contributed by atoms with Crippen LogP contribution in [0, 0.1) is 0 Å². The van der Waals surface area contributed by atoms with E-state index in [4.69, 9.17) is 16.1 Å². The van der Waals surface area contributed by atoms with E-state index in [9.17, 15) is 13.2 Å². The summed E-state index contributed by atoms with van der Waals surface area (Å²) in [5.74, 6) is 0.233. The van der Waals surface area contributed by atoms with E-state index in [2.05, 4.69) is 10.5 Å². The lowest BCUT2D eigenvalue weighted by atomic mass is 9.93. The molecular formula is C17H19ClN2O4S. The van der Waals surface area contributed by atoms with Crippen LogP contribution in [0.1, 0.15) is 39.4 Å². The Balaban J connectivity index is 1.84. The Morgan fingerprint density at radius 3 is 2.32 bits per heavy atom. The van der Waals surface area contributed by atoms with Crippen LogP contribution >= 0.6 is 11.6 Å². The first-order valence-corrected chi connectivity index (χ1v) is 9.71. The Labute approximate surface area is 151 Å². The highest BCUT2D eigenvalue weighted by molar-refractivity contribution is 7.94. The van der Waals surface area contributed by atoms with Crippen molar-refractivity contribution >= 4 is 33.2 Å². The molecule has 1 saturated carbocycles. The van der Waals surface area contributed by atoms with Crippen LogP contribution in [0.15, 0.2) is 39.8 Å². The van der Waals surface area contributed by atoms with Crippen molar-refractivity contribution in [2.75, 3.05) is 5.32 Å². The van der Waals surface area contributed by atoms with Crippen molar-refractivity contribution in [3.8, 4) is 0 Å². The molecule has 0 unspecified atom stereocenters. The molecule has 1 amide bonds. The van der Waals surface area contributed by atoms with Gasteiger partial charge in [-0.1, -0.05) is 37.5 Å². The SMILES string of the molecule is CC(C)(C)c1cc(NC(=O)C2(S(=O)(=O)c3ccc(Cl)cc3)CC2)no1. The zero-order valence-electron chi connectivity index (χ0n) is 14.2. The number of carbonyl (C=O) groups excluding carboxylic acids is 1. The first-order valence-electron chi connectivity index (χ1n) is 7.85. The molecular weight excluding hydrogens is 364 g/mol. The summed E-state index contributed by atoms with van der Waals surface area (Å²) in [5, 5.41) is 6.82. The number of hydrogen-bond acceptors (Lipinski definition) is 5. The second kappa shape index (κ2) is 5.85. The van der Waals surface area contributed by atoms with E-state index in [0.29, 0.717) is 10.8 Å². The fourth-order valence-electron chi connectivity index (χ4n) is 2.49. The van der Waals surface area contributed by atoms with Gasteiger partial charge in [0.05, 0.1) is 4.90 Å². The predicted octanol–water partition coefficient (Wildman–Crippen LogP) is 3.57. The number of sulfone groups is 1. The van der Waals surface area contributed by atoms with Crippen molar-refractivity contribution in [3.05, 3.63) is 41.1 Å². The molecule has 1 aromatic carbocycles. The molecule has 3 rings (SSSR count). The van der Waals surface area contributed by atoms with Crippen molar-refractivity contribution in [1.82, 2.24) is 5.16 Å². The van der Waals surface area contributed by atoms with E-state index in [1.165, 1.54) is 24.3 Å². The Morgan fingerprint density at radius 1 is 1.24 bits per heavy atom. The third kappa shape index (κ3) is 3.18. The molecule has 0 radical (unpaired) electrons. The van der Waals surface area contributed by atoms with Gasteiger partial charge in [-0.05, 0) is 37.1 Å². The number of carbonyl (C=O) groups is 1. The summed E-state index contributed by atoms with van der Waals surface area (Å²) in [6.07, 6.45) is 0.543. The zero-order valence-corrected chi connectivity index (χ0v) is 15.7. The summed E-state index contributed by atoms with van der Waals surface area (Å²) in [5.41, 5.74) is -0.261. The van der Waals surface area contributed by atoms with Crippen molar-refractivity contribution < 1.29 is 17.7 Å². The lowest BCUT2D eigenvalue weighted by molar-refractivity contribution is -0.116. The summed E-state index contributed by atoms with van der Waals surface area (Å²) in [6, 6.07) is 7.44.